The number of likely N-dealkylation sites (N-methyl/N-ethyl adjacent to an activating group) is 1. The first-order valence-electron chi connectivity index (χ1n) is 6.83. The average molecular weight is 255 g/mol. The van der Waals surface area contributed by atoms with Crippen molar-refractivity contribution in [3.05, 3.63) is 0 Å². The summed E-state index contributed by atoms with van der Waals surface area (Å²) < 4.78 is 0. The number of rotatable bonds is 5. The summed E-state index contributed by atoms with van der Waals surface area (Å²) >= 11 is 0. The standard InChI is InChI=1S/C13H25N3O2/c1-5-16(6-2)13(18)10(4)15-12(17)11-9(3)7-8-14-11/h9-11,14H,5-8H2,1-4H3,(H,15,17). The van der Waals surface area contributed by atoms with Gasteiger partial charge in [0.05, 0.1) is 6.04 Å². The van der Waals surface area contributed by atoms with Crippen molar-refractivity contribution in [1.82, 2.24) is 15.5 Å². The predicted octanol–water partition coefficient (Wildman–Crippen LogP) is 0.358. The number of amides is 2. The molecule has 3 atom stereocenters. The van der Waals surface area contributed by atoms with Gasteiger partial charge in [-0.1, -0.05) is 6.92 Å². The van der Waals surface area contributed by atoms with Crippen LogP contribution in [0.4, 0.5) is 0 Å². The van der Waals surface area contributed by atoms with E-state index in [1.54, 1.807) is 11.8 Å². The molecule has 0 aromatic carbocycles. The van der Waals surface area contributed by atoms with Crippen LogP contribution < -0.4 is 10.6 Å². The maximum atomic E-state index is 12.0. The lowest BCUT2D eigenvalue weighted by molar-refractivity contribution is -0.136. The normalized spacial score (nSPS) is 24.7. The molecule has 1 fully saturated rings. The average Bonchev–Trinajstić information content (AvgIpc) is 2.76. The monoisotopic (exact) mass is 255 g/mol. The molecule has 2 N–H and O–H groups in total. The Bertz CT molecular complexity index is 303. The first-order valence-corrected chi connectivity index (χ1v) is 6.83. The Morgan fingerprint density at radius 2 is 2.00 bits per heavy atom. The molecule has 0 aliphatic carbocycles. The zero-order chi connectivity index (χ0) is 13.7. The molecule has 104 valence electrons. The van der Waals surface area contributed by atoms with Crippen molar-refractivity contribution in [3.8, 4) is 0 Å². The lowest BCUT2D eigenvalue weighted by atomic mass is 10.0. The van der Waals surface area contributed by atoms with Crippen LogP contribution in [0.2, 0.25) is 0 Å². The van der Waals surface area contributed by atoms with Crippen LogP contribution >= 0.6 is 0 Å². The van der Waals surface area contributed by atoms with Crippen molar-refractivity contribution in [1.29, 1.82) is 0 Å². The fourth-order valence-corrected chi connectivity index (χ4v) is 2.36. The van der Waals surface area contributed by atoms with Gasteiger partial charge < -0.3 is 15.5 Å². The van der Waals surface area contributed by atoms with Gasteiger partial charge in [-0.05, 0) is 39.7 Å². The molecule has 0 saturated carbocycles. The summed E-state index contributed by atoms with van der Waals surface area (Å²) in [6, 6.07) is -0.607. The van der Waals surface area contributed by atoms with Gasteiger partial charge in [-0.2, -0.15) is 0 Å². The second kappa shape index (κ2) is 6.73. The van der Waals surface area contributed by atoms with Crippen molar-refractivity contribution < 1.29 is 9.59 Å². The van der Waals surface area contributed by atoms with E-state index in [2.05, 4.69) is 17.6 Å². The smallest absolute Gasteiger partial charge is 0.244 e. The van der Waals surface area contributed by atoms with Gasteiger partial charge >= 0.3 is 0 Å². The summed E-state index contributed by atoms with van der Waals surface area (Å²) in [5, 5.41) is 5.98. The third kappa shape index (κ3) is 3.45. The maximum Gasteiger partial charge on any atom is 0.244 e. The summed E-state index contributed by atoms with van der Waals surface area (Å²) in [6.07, 6.45) is 1.01. The molecule has 3 unspecified atom stereocenters. The van der Waals surface area contributed by atoms with E-state index in [1.807, 2.05) is 13.8 Å². The number of nitrogens with one attached hydrogen (secondary N) is 2. The van der Waals surface area contributed by atoms with Crippen LogP contribution in [-0.2, 0) is 9.59 Å². The lowest BCUT2D eigenvalue weighted by Crippen LogP contribution is -2.52. The molecule has 1 saturated heterocycles. The second-order valence-corrected chi connectivity index (χ2v) is 4.94. The van der Waals surface area contributed by atoms with Crippen molar-refractivity contribution in [2.24, 2.45) is 5.92 Å². The molecule has 0 aromatic rings. The molecule has 0 bridgehead atoms. The Labute approximate surface area is 109 Å². The van der Waals surface area contributed by atoms with Crippen LogP contribution in [0, 0.1) is 5.92 Å². The van der Waals surface area contributed by atoms with E-state index in [9.17, 15) is 9.59 Å². The van der Waals surface area contributed by atoms with E-state index in [0.29, 0.717) is 19.0 Å². The second-order valence-electron chi connectivity index (χ2n) is 4.94. The van der Waals surface area contributed by atoms with E-state index in [0.717, 1.165) is 13.0 Å². The van der Waals surface area contributed by atoms with Crippen LogP contribution in [0.25, 0.3) is 0 Å². The highest BCUT2D eigenvalue weighted by atomic mass is 16.2. The summed E-state index contributed by atoms with van der Waals surface area (Å²) in [4.78, 5) is 25.8. The largest absolute Gasteiger partial charge is 0.343 e. The molecule has 1 aliphatic heterocycles. The molecule has 1 heterocycles. The molecule has 1 aliphatic rings. The minimum Gasteiger partial charge on any atom is -0.343 e. The van der Waals surface area contributed by atoms with Gasteiger partial charge in [0.1, 0.15) is 6.04 Å². The molecule has 5 nitrogen and oxygen atoms in total. The zero-order valence-corrected chi connectivity index (χ0v) is 11.8. The fraction of sp³-hybridized carbons (Fsp3) is 0.846. The molecule has 0 aromatic heterocycles. The maximum absolute atomic E-state index is 12.0. The molecule has 5 heteroatoms. The lowest BCUT2D eigenvalue weighted by Gasteiger charge is -2.25. The number of hydrogen-bond acceptors (Lipinski definition) is 3. The Kier molecular flexibility index (Phi) is 5.59. The summed E-state index contributed by atoms with van der Waals surface area (Å²) in [6.45, 7) is 9.91. The van der Waals surface area contributed by atoms with Gasteiger partial charge in [0.15, 0.2) is 0 Å². The number of carbonyl (C=O) groups excluding carboxylic acids is 2. The van der Waals surface area contributed by atoms with Crippen molar-refractivity contribution in [3.63, 3.8) is 0 Å². The summed E-state index contributed by atoms with van der Waals surface area (Å²) in [5.41, 5.74) is 0. The van der Waals surface area contributed by atoms with Crippen LogP contribution in [-0.4, -0.2) is 48.4 Å². The first kappa shape index (κ1) is 15.0. The van der Waals surface area contributed by atoms with Crippen molar-refractivity contribution in [2.45, 2.75) is 46.2 Å². The van der Waals surface area contributed by atoms with E-state index in [1.165, 1.54) is 0 Å². The van der Waals surface area contributed by atoms with E-state index in [-0.39, 0.29) is 17.9 Å². The Morgan fingerprint density at radius 1 is 1.39 bits per heavy atom. The van der Waals surface area contributed by atoms with Gasteiger partial charge in [-0.25, -0.2) is 0 Å². The Balaban J connectivity index is 2.51. The molecular weight excluding hydrogens is 230 g/mol. The molecule has 1 rings (SSSR count). The van der Waals surface area contributed by atoms with Gasteiger partial charge in [-0.3, -0.25) is 9.59 Å². The SMILES string of the molecule is CCN(CC)C(=O)C(C)NC(=O)C1NCCC1C. The van der Waals surface area contributed by atoms with E-state index >= 15 is 0 Å². The topological polar surface area (TPSA) is 61.4 Å². The first-order chi connectivity index (χ1) is 8.51. The molecular formula is C13H25N3O2. The molecule has 0 radical (unpaired) electrons. The predicted molar refractivity (Wildman–Crippen MR) is 71.1 cm³/mol. The van der Waals surface area contributed by atoms with Crippen LogP contribution in [0.5, 0.6) is 0 Å². The summed E-state index contributed by atoms with van der Waals surface area (Å²) in [7, 11) is 0. The highest BCUT2D eigenvalue weighted by molar-refractivity contribution is 5.89. The minimum atomic E-state index is -0.452. The Hall–Kier alpha value is -1.10. The minimum absolute atomic E-state index is 0.0148. The number of hydrogen-bond donors (Lipinski definition) is 2. The van der Waals surface area contributed by atoms with Gasteiger partial charge in [-0.15, -0.1) is 0 Å². The van der Waals surface area contributed by atoms with Crippen molar-refractivity contribution in [2.75, 3.05) is 19.6 Å². The van der Waals surface area contributed by atoms with Crippen LogP contribution in [0.3, 0.4) is 0 Å². The molecule has 2 amide bonds. The highest BCUT2D eigenvalue weighted by Gasteiger charge is 2.31. The molecule has 18 heavy (non-hydrogen) atoms. The van der Waals surface area contributed by atoms with Gasteiger partial charge in [0.25, 0.3) is 0 Å². The Morgan fingerprint density at radius 3 is 2.44 bits per heavy atom. The number of nitrogens with zero attached hydrogens (tertiary/aromatic N) is 1. The third-order valence-corrected chi connectivity index (χ3v) is 3.62. The quantitative estimate of drug-likeness (QED) is 0.745. The zero-order valence-electron chi connectivity index (χ0n) is 11.8. The van der Waals surface area contributed by atoms with Crippen molar-refractivity contribution >= 4 is 11.8 Å². The van der Waals surface area contributed by atoms with Gasteiger partial charge in [0.2, 0.25) is 11.8 Å². The third-order valence-electron chi connectivity index (χ3n) is 3.62. The fourth-order valence-electron chi connectivity index (χ4n) is 2.36. The van der Waals surface area contributed by atoms with E-state index in [4.69, 9.17) is 0 Å². The highest BCUT2D eigenvalue weighted by Crippen LogP contribution is 2.14. The molecule has 0 spiro atoms. The van der Waals surface area contributed by atoms with Crippen LogP contribution in [0.1, 0.15) is 34.1 Å². The van der Waals surface area contributed by atoms with Crippen LogP contribution in [0.15, 0.2) is 0 Å². The number of carbonyl (C=O) groups is 2. The van der Waals surface area contributed by atoms with Gasteiger partial charge in [0, 0.05) is 13.1 Å². The van der Waals surface area contributed by atoms with E-state index < -0.39 is 6.04 Å². The summed E-state index contributed by atoms with van der Waals surface area (Å²) in [5.74, 6) is 0.257.